The molecule has 1 saturated heterocycles. The largest absolute Gasteiger partial charge is 0.472 e. The zero-order valence-electron chi connectivity index (χ0n) is 14.4. The van der Waals surface area contributed by atoms with Crippen LogP contribution in [0.15, 0.2) is 56.6 Å². The molecule has 0 bridgehead atoms. The Morgan fingerprint density at radius 1 is 1.19 bits per heavy atom. The van der Waals surface area contributed by atoms with Gasteiger partial charge in [-0.05, 0) is 37.3 Å². The monoisotopic (exact) mass is 369 g/mol. The van der Waals surface area contributed by atoms with Gasteiger partial charge in [-0.2, -0.15) is 0 Å². The molecule has 3 aromatic rings. The van der Waals surface area contributed by atoms with Gasteiger partial charge in [0, 0.05) is 23.9 Å². The molecule has 1 aromatic carbocycles. The van der Waals surface area contributed by atoms with Crippen LogP contribution in [-0.4, -0.2) is 40.3 Å². The summed E-state index contributed by atoms with van der Waals surface area (Å²) >= 11 is 1.60. The number of rotatable bonds is 4. The highest BCUT2D eigenvalue weighted by Gasteiger charge is 2.28. The molecule has 0 radical (unpaired) electrons. The van der Waals surface area contributed by atoms with Gasteiger partial charge < -0.3 is 13.7 Å². The van der Waals surface area contributed by atoms with Gasteiger partial charge in [-0.15, -0.1) is 22.0 Å². The van der Waals surface area contributed by atoms with E-state index in [-0.39, 0.29) is 11.8 Å². The number of carbonyl (C=O) groups excluding carboxylic acids is 1. The maximum Gasteiger partial charge on any atom is 0.254 e. The van der Waals surface area contributed by atoms with Crippen molar-refractivity contribution >= 4 is 17.7 Å². The number of benzene rings is 1. The average molecular weight is 369 g/mol. The van der Waals surface area contributed by atoms with E-state index in [1.807, 2.05) is 35.4 Å². The zero-order chi connectivity index (χ0) is 17.9. The minimum Gasteiger partial charge on any atom is -0.472 e. The molecular formula is C19H19N3O3S. The molecule has 3 heterocycles. The van der Waals surface area contributed by atoms with E-state index in [2.05, 4.69) is 10.2 Å². The van der Waals surface area contributed by atoms with Gasteiger partial charge in [-0.3, -0.25) is 4.79 Å². The van der Waals surface area contributed by atoms with Crippen molar-refractivity contribution in [2.24, 2.45) is 0 Å². The number of furan rings is 1. The quantitative estimate of drug-likeness (QED) is 0.646. The maximum absolute atomic E-state index is 12.8. The van der Waals surface area contributed by atoms with Crippen molar-refractivity contribution in [3.05, 3.63) is 54.3 Å². The van der Waals surface area contributed by atoms with Crippen LogP contribution >= 0.6 is 11.8 Å². The van der Waals surface area contributed by atoms with Gasteiger partial charge >= 0.3 is 0 Å². The van der Waals surface area contributed by atoms with Crippen LogP contribution in [0.5, 0.6) is 0 Å². The standard InChI is InChI=1S/C19H19N3O3S/c1-26-16-5-3-2-4-15(16)19(23)22-9-6-13(7-10-22)17-20-21-18(25-17)14-8-11-24-12-14/h2-5,8,11-13H,6-7,9-10H2,1H3. The summed E-state index contributed by atoms with van der Waals surface area (Å²) in [5.41, 5.74) is 1.56. The van der Waals surface area contributed by atoms with Gasteiger partial charge in [0.2, 0.25) is 5.89 Å². The normalized spacial score (nSPS) is 15.3. The fourth-order valence-corrected chi connectivity index (χ4v) is 3.81. The lowest BCUT2D eigenvalue weighted by molar-refractivity contribution is 0.0703. The Bertz CT molecular complexity index is 883. The number of piperidine rings is 1. The van der Waals surface area contributed by atoms with Gasteiger partial charge in [0.1, 0.15) is 6.26 Å². The van der Waals surface area contributed by atoms with Crippen LogP contribution in [0.3, 0.4) is 0 Å². The third-order valence-electron chi connectivity index (χ3n) is 4.68. The molecule has 1 amide bonds. The third kappa shape index (κ3) is 3.26. The summed E-state index contributed by atoms with van der Waals surface area (Å²) < 4.78 is 10.8. The molecule has 0 atom stereocenters. The van der Waals surface area contributed by atoms with Gasteiger partial charge in [-0.25, -0.2) is 0 Å². The molecule has 0 aliphatic carbocycles. The van der Waals surface area contributed by atoms with E-state index in [1.54, 1.807) is 30.4 Å². The predicted molar refractivity (Wildman–Crippen MR) is 98.1 cm³/mol. The lowest BCUT2D eigenvalue weighted by Crippen LogP contribution is -2.38. The predicted octanol–water partition coefficient (Wildman–Crippen LogP) is 4.07. The topological polar surface area (TPSA) is 72.4 Å². The van der Waals surface area contributed by atoms with Crippen LogP contribution in [0.2, 0.25) is 0 Å². The highest BCUT2D eigenvalue weighted by Crippen LogP contribution is 2.31. The fraction of sp³-hybridized carbons (Fsp3) is 0.316. The molecule has 4 rings (SSSR count). The van der Waals surface area contributed by atoms with Crippen LogP contribution in [0.4, 0.5) is 0 Å². The molecule has 7 heteroatoms. The van der Waals surface area contributed by atoms with Crippen molar-refractivity contribution in [3.63, 3.8) is 0 Å². The minimum atomic E-state index is 0.0954. The SMILES string of the molecule is CSc1ccccc1C(=O)N1CCC(c2nnc(-c3ccoc3)o2)CC1. The lowest BCUT2D eigenvalue weighted by atomic mass is 9.96. The Hall–Kier alpha value is -2.54. The molecule has 0 saturated carbocycles. The van der Waals surface area contributed by atoms with Crippen LogP contribution in [0, 0.1) is 0 Å². The molecule has 0 N–H and O–H groups in total. The Morgan fingerprint density at radius 3 is 2.73 bits per heavy atom. The van der Waals surface area contributed by atoms with Crippen molar-refractivity contribution in [3.8, 4) is 11.5 Å². The lowest BCUT2D eigenvalue weighted by Gasteiger charge is -2.31. The first kappa shape index (κ1) is 16.9. The second-order valence-corrected chi connectivity index (χ2v) is 7.07. The number of likely N-dealkylation sites (tertiary alicyclic amines) is 1. The highest BCUT2D eigenvalue weighted by atomic mass is 32.2. The zero-order valence-corrected chi connectivity index (χ0v) is 15.2. The molecule has 0 unspecified atom stereocenters. The van der Waals surface area contributed by atoms with Gasteiger partial charge in [0.15, 0.2) is 0 Å². The third-order valence-corrected chi connectivity index (χ3v) is 5.47. The Labute approximate surface area is 155 Å². The van der Waals surface area contributed by atoms with E-state index in [0.29, 0.717) is 24.9 Å². The molecule has 26 heavy (non-hydrogen) atoms. The van der Waals surface area contributed by atoms with E-state index in [4.69, 9.17) is 8.83 Å². The maximum atomic E-state index is 12.8. The van der Waals surface area contributed by atoms with Crippen molar-refractivity contribution in [1.82, 2.24) is 15.1 Å². The summed E-state index contributed by atoms with van der Waals surface area (Å²) in [4.78, 5) is 15.8. The smallest absolute Gasteiger partial charge is 0.254 e. The van der Waals surface area contributed by atoms with E-state index in [0.717, 1.165) is 28.9 Å². The molecular weight excluding hydrogens is 350 g/mol. The molecule has 2 aromatic heterocycles. The molecule has 6 nitrogen and oxygen atoms in total. The molecule has 1 fully saturated rings. The Balaban J connectivity index is 1.42. The van der Waals surface area contributed by atoms with Crippen LogP contribution in [0.25, 0.3) is 11.5 Å². The molecule has 1 aliphatic rings. The van der Waals surface area contributed by atoms with Crippen LogP contribution < -0.4 is 0 Å². The van der Waals surface area contributed by atoms with Crippen molar-refractivity contribution in [2.45, 2.75) is 23.7 Å². The number of aromatic nitrogens is 2. The average Bonchev–Trinajstić information content (AvgIpc) is 3.39. The highest BCUT2D eigenvalue weighted by molar-refractivity contribution is 7.98. The Kier molecular flexibility index (Phi) is 4.79. The van der Waals surface area contributed by atoms with Crippen molar-refractivity contribution < 1.29 is 13.6 Å². The summed E-state index contributed by atoms with van der Waals surface area (Å²) in [5, 5.41) is 8.28. The van der Waals surface area contributed by atoms with E-state index in [1.165, 1.54) is 0 Å². The number of amides is 1. The summed E-state index contributed by atoms with van der Waals surface area (Å²) in [5.74, 6) is 1.39. The van der Waals surface area contributed by atoms with Gasteiger partial charge in [0.05, 0.1) is 17.4 Å². The first-order chi connectivity index (χ1) is 12.8. The van der Waals surface area contributed by atoms with E-state index < -0.39 is 0 Å². The van der Waals surface area contributed by atoms with Crippen LogP contribution in [0.1, 0.15) is 35.0 Å². The fourth-order valence-electron chi connectivity index (χ4n) is 3.22. The summed E-state index contributed by atoms with van der Waals surface area (Å²) in [6, 6.07) is 9.55. The Morgan fingerprint density at radius 2 is 2.00 bits per heavy atom. The van der Waals surface area contributed by atoms with Gasteiger partial charge in [0.25, 0.3) is 11.8 Å². The minimum absolute atomic E-state index is 0.0954. The number of hydrogen-bond acceptors (Lipinski definition) is 6. The summed E-state index contributed by atoms with van der Waals surface area (Å²) in [7, 11) is 0. The molecule has 134 valence electrons. The van der Waals surface area contributed by atoms with E-state index in [9.17, 15) is 4.79 Å². The first-order valence-electron chi connectivity index (χ1n) is 8.54. The summed E-state index contributed by atoms with van der Waals surface area (Å²) in [6.45, 7) is 1.38. The van der Waals surface area contributed by atoms with Crippen molar-refractivity contribution in [1.29, 1.82) is 0 Å². The number of hydrogen-bond donors (Lipinski definition) is 0. The number of thioether (sulfide) groups is 1. The number of nitrogens with zero attached hydrogens (tertiary/aromatic N) is 3. The molecule has 0 spiro atoms. The second kappa shape index (κ2) is 7.37. The first-order valence-corrected chi connectivity index (χ1v) is 9.77. The van der Waals surface area contributed by atoms with Gasteiger partial charge in [-0.1, -0.05) is 12.1 Å². The van der Waals surface area contributed by atoms with Crippen LogP contribution in [-0.2, 0) is 0 Å². The van der Waals surface area contributed by atoms with Crippen molar-refractivity contribution in [2.75, 3.05) is 19.3 Å². The second-order valence-electron chi connectivity index (χ2n) is 6.22. The molecule has 1 aliphatic heterocycles. The van der Waals surface area contributed by atoms with E-state index >= 15 is 0 Å². The number of carbonyl (C=O) groups is 1. The summed E-state index contributed by atoms with van der Waals surface area (Å²) in [6.07, 6.45) is 6.80.